The van der Waals surface area contributed by atoms with Crippen LogP contribution >= 0.6 is 0 Å². The molecule has 2 unspecified atom stereocenters. The van der Waals surface area contributed by atoms with E-state index in [9.17, 15) is 4.79 Å². The van der Waals surface area contributed by atoms with Gasteiger partial charge in [-0.2, -0.15) is 0 Å². The van der Waals surface area contributed by atoms with Crippen molar-refractivity contribution in [1.29, 1.82) is 0 Å². The van der Waals surface area contributed by atoms with Gasteiger partial charge < -0.3 is 14.0 Å². The van der Waals surface area contributed by atoms with Gasteiger partial charge in [0, 0.05) is 37.8 Å². The average molecular weight is 450 g/mol. The monoisotopic (exact) mass is 449 g/mol. The highest BCUT2D eigenvalue weighted by molar-refractivity contribution is 5.74. The van der Waals surface area contributed by atoms with Gasteiger partial charge in [0.1, 0.15) is 17.0 Å². The van der Waals surface area contributed by atoms with E-state index in [2.05, 4.69) is 0 Å². The van der Waals surface area contributed by atoms with Gasteiger partial charge in [-0.1, -0.05) is 19.3 Å². The van der Waals surface area contributed by atoms with E-state index in [1.54, 1.807) is 24.8 Å². The first-order valence-corrected chi connectivity index (χ1v) is 11.9. The SMILES string of the molecule is COc1nc2c(C3CCCCC3)nc(C3CCOC(c4ccc(=O)n(C)c4)C3)nc2nc1C. The van der Waals surface area contributed by atoms with E-state index >= 15 is 0 Å². The minimum Gasteiger partial charge on any atom is -0.480 e. The Bertz CT molecular complexity index is 1220. The summed E-state index contributed by atoms with van der Waals surface area (Å²) in [5, 5.41) is 0. The van der Waals surface area contributed by atoms with E-state index in [4.69, 9.17) is 29.4 Å². The summed E-state index contributed by atoms with van der Waals surface area (Å²) in [7, 11) is 3.39. The minimum absolute atomic E-state index is 0.0227. The zero-order chi connectivity index (χ0) is 22.9. The molecule has 4 heterocycles. The molecule has 1 saturated carbocycles. The molecule has 2 aliphatic rings. The van der Waals surface area contributed by atoms with Crippen molar-refractivity contribution in [2.75, 3.05) is 13.7 Å². The second-order valence-corrected chi connectivity index (χ2v) is 9.28. The van der Waals surface area contributed by atoms with Crippen LogP contribution in [0.25, 0.3) is 11.2 Å². The number of aryl methyl sites for hydroxylation is 2. The van der Waals surface area contributed by atoms with Crippen molar-refractivity contribution < 1.29 is 9.47 Å². The van der Waals surface area contributed by atoms with E-state index in [-0.39, 0.29) is 17.6 Å². The lowest BCUT2D eigenvalue weighted by molar-refractivity contribution is 0.00359. The summed E-state index contributed by atoms with van der Waals surface area (Å²) in [5.74, 6) is 1.91. The number of pyridine rings is 1. The van der Waals surface area contributed by atoms with E-state index < -0.39 is 0 Å². The summed E-state index contributed by atoms with van der Waals surface area (Å²) in [6.45, 7) is 2.53. The molecule has 0 spiro atoms. The number of hydrogen-bond donors (Lipinski definition) is 0. The van der Waals surface area contributed by atoms with Crippen LogP contribution in [-0.4, -0.2) is 38.2 Å². The highest BCUT2D eigenvalue weighted by atomic mass is 16.5. The molecule has 1 aliphatic heterocycles. The maximum absolute atomic E-state index is 11.8. The molecular formula is C25H31N5O3. The van der Waals surface area contributed by atoms with E-state index in [1.807, 2.05) is 19.2 Å². The highest BCUT2D eigenvalue weighted by Gasteiger charge is 2.30. The first kappa shape index (κ1) is 21.9. The summed E-state index contributed by atoms with van der Waals surface area (Å²) in [4.78, 5) is 31.4. The molecule has 33 heavy (non-hydrogen) atoms. The van der Waals surface area contributed by atoms with Gasteiger partial charge in [-0.05, 0) is 44.2 Å². The van der Waals surface area contributed by atoms with Crippen molar-refractivity contribution in [1.82, 2.24) is 24.5 Å². The molecule has 1 aliphatic carbocycles. The second kappa shape index (κ2) is 9.17. The van der Waals surface area contributed by atoms with Gasteiger partial charge >= 0.3 is 0 Å². The van der Waals surface area contributed by atoms with Gasteiger partial charge in [-0.3, -0.25) is 4.79 Å². The first-order valence-electron chi connectivity index (χ1n) is 11.9. The third-order valence-electron chi connectivity index (χ3n) is 7.02. The molecule has 0 aromatic carbocycles. The Labute approximate surface area is 193 Å². The lowest BCUT2D eigenvalue weighted by Gasteiger charge is -2.30. The predicted molar refractivity (Wildman–Crippen MR) is 125 cm³/mol. The summed E-state index contributed by atoms with van der Waals surface area (Å²) in [6, 6.07) is 3.47. The van der Waals surface area contributed by atoms with Crippen LogP contribution in [0, 0.1) is 6.92 Å². The Kier molecular flexibility index (Phi) is 6.10. The van der Waals surface area contributed by atoms with Crippen molar-refractivity contribution in [3.8, 4) is 5.88 Å². The molecule has 0 bridgehead atoms. The Morgan fingerprint density at radius 1 is 1.03 bits per heavy atom. The lowest BCUT2D eigenvalue weighted by atomic mass is 9.86. The van der Waals surface area contributed by atoms with Crippen molar-refractivity contribution in [2.24, 2.45) is 7.05 Å². The maximum atomic E-state index is 11.8. The maximum Gasteiger partial charge on any atom is 0.250 e. The summed E-state index contributed by atoms with van der Waals surface area (Å²) < 4.78 is 13.1. The Morgan fingerprint density at radius 2 is 1.85 bits per heavy atom. The van der Waals surface area contributed by atoms with Gasteiger partial charge in [-0.25, -0.2) is 19.9 Å². The lowest BCUT2D eigenvalue weighted by Crippen LogP contribution is -2.23. The molecule has 0 amide bonds. The molecule has 3 aromatic heterocycles. The standard InChI is InChI=1S/C25H31N5O3/c1-15-25(32-3)28-22-21(16-7-5-4-6-8-16)27-23(29-24(22)26-15)17-11-12-33-19(13-17)18-9-10-20(31)30(2)14-18/h9-10,14,16-17,19H,4-8,11-13H2,1-3H3. The third kappa shape index (κ3) is 4.36. The molecule has 3 aromatic rings. The van der Waals surface area contributed by atoms with E-state index in [0.717, 1.165) is 54.0 Å². The Balaban J connectivity index is 1.54. The van der Waals surface area contributed by atoms with Crippen molar-refractivity contribution in [3.05, 3.63) is 51.5 Å². The number of ether oxygens (including phenoxy) is 2. The van der Waals surface area contributed by atoms with Crippen molar-refractivity contribution in [2.45, 2.75) is 69.8 Å². The highest BCUT2D eigenvalue weighted by Crippen LogP contribution is 2.39. The molecule has 174 valence electrons. The second-order valence-electron chi connectivity index (χ2n) is 9.28. The Morgan fingerprint density at radius 3 is 2.61 bits per heavy atom. The molecule has 8 nitrogen and oxygen atoms in total. The summed E-state index contributed by atoms with van der Waals surface area (Å²) in [6.07, 6.45) is 9.37. The predicted octanol–water partition coefficient (Wildman–Crippen LogP) is 4.12. The van der Waals surface area contributed by atoms with Gasteiger partial charge in [0.2, 0.25) is 11.4 Å². The fourth-order valence-electron chi connectivity index (χ4n) is 5.16. The van der Waals surface area contributed by atoms with Crippen molar-refractivity contribution >= 4 is 11.2 Å². The van der Waals surface area contributed by atoms with Crippen LogP contribution in [0.2, 0.25) is 0 Å². The molecular weight excluding hydrogens is 418 g/mol. The number of hydrogen-bond acceptors (Lipinski definition) is 7. The largest absolute Gasteiger partial charge is 0.480 e. The van der Waals surface area contributed by atoms with Crippen LogP contribution in [0.15, 0.2) is 23.1 Å². The molecule has 0 radical (unpaired) electrons. The first-order chi connectivity index (χ1) is 16.0. The quantitative estimate of drug-likeness (QED) is 0.592. The fraction of sp³-hybridized carbons (Fsp3) is 0.560. The zero-order valence-corrected chi connectivity index (χ0v) is 19.6. The number of fused-ring (bicyclic) bond motifs is 1. The van der Waals surface area contributed by atoms with Crippen LogP contribution < -0.4 is 10.3 Å². The molecule has 1 saturated heterocycles. The number of nitrogens with zero attached hydrogens (tertiary/aromatic N) is 5. The number of methoxy groups -OCH3 is 1. The van der Waals surface area contributed by atoms with Gasteiger partial charge in [0.05, 0.1) is 18.9 Å². The Hall–Kier alpha value is -2.87. The zero-order valence-electron chi connectivity index (χ0n) is 19.6. The van der Waals surface area contributed by atoms with Crippen LogP contribution in [0.3, 0.4) is 0 Å². The molecule has 2 fully saturated rings. The molecule has 2 atom stereocenters. The van der Waals surface area contributed by atoms with Crippen LogP contribution in [-0.2, 0) is 11.8 Å². The molecule has 5 rings (SSSR count). The molecule has 8 heteroatoms. The third-order valence-corrected chi connectivity index (χ3v) is 7.02. The van der Waals surface area contributed by atoms with Gasteiger partial charge in [0.15, 0.2) is 5.65 Å². The van der Waals surface area contributed by atoms with E-state index in [0.29, 0.717) is 24.1 Å². The van der Waals surface area contributed by atoms with Gasteiger partial charge in [-0.15, -0.1) is 0 Å². The molecule has 0 N–H and O–H groups in total. The summed E-state index contributed by atoms with van der Waals surface area (Å²) in [5.41, 5.74) is 4.17. The van der Waals surface area contributed by atoms with E-state index in [1.165, 1.54) is 19.3 Å². The number of aromatic nitrogens is 5. The van der Waals surface area contributed by atoms with Crippen LogP contribution in [0.5, 0.6) is 5.88 Å². The summed E-state index contributed by atoms with van der Waals surface area (Å²) >= 11 is 0. The van der Waals surface area contributed by atoms with Crippen LogP contribution in [0.4, 0.5) is 0 Å². The number of rotatable bonds is 4. The average Bonchev–Trinajstić information content (AvgIpc) is 2.85. The topological polar surface area (TPSA) is 92.0 Å². The van der Waals surface area contributed by atoms with Crippen LogP contribution in [0.1, 0.15) is 85.7 Å². The smallest absolute Gasteiger partial charge is 0.250 e. The fourth-order valence-corrected chi connectivity index (χ4v) is 5.16. The minimum atomic E-state index is -0.0864. The van der Waals surface area contributed by atoms with Gasteiger partial charge in [0.25, 0.3) is 0 Å². The normalized spacial score (nSPS) is 21.9. The van der Waals surface area contributed by atoms with Crippen molar-refractivity contribution in [3.63, 3.8) is 0 Å².